The summed E-state index contributed by atoms with van der Waals surface area (Å²) in [6.07, 6.45) is 6.09. The van der Waals surface area contributed by atoms with Gasteiger partial charge in [-0.3, -0.25) is 9.59 Å². The normalized spacial score (nSPS) is 23.0. The summed E-state index contributed by atoms with van der Waals surface area (Å²) >= 11 is 0. The second kappa shape index (κ2) is 5.30. The number of carbonyl (C=O) groups excluding carboxylic acids is 2. The predicted molar refractivity (Wildman–Crippen MR) is 76.0 cm³/mol. The van der Waals surface area contributed by atoms with E-state index in [1.165, 1.54) is 24.3 Å². The second-order valence-electron chi connectivity index (χ2n) is 5.21. The molecule has 0 spiro atoms. The maximum absolute atomic E-state index is 12.6. The number of hydrogen-bond donors (Lipinski definition) is 0. The number of benzene rings is 1. The minimum absolute atomic E-state index is 0.156. The van der Waals surface area contributed by atoms with Crippen LogP contribution in [0.2, 0.25) is 0 Å². The summed E-state index contributed by atoms with van der Waals surface area (Å²) in [5.41, 5.74) is -6.25. The lowest BCUT2D eigenvalue weighted by atomic mass is 9.72. The molecule has 2 aliphatic rings. The minimum atomic E-state index is -5.95. The molecule has 5 nitrogen and oxygen atoms in total. The SMILES string of the molecule is O=C1c2cccc(OS(=O)(=O)C(F)(F)F)c2C(=O)C2C=CC=CC12. The highest BCUT2D eigenvalue weighted by Gasteiger charge is 2.50. The summed E-state index contributed by atoms with van der Waals surface area (Å²) in [7, 11) is -5.95. The largest absolute Gasteiger partial charge is 0.534 e. The van der Waals surface area contributed by atoms with E-state index in [0.717, 1.165) is 12.1 Å². The van der Waals surface area contributed by atoms with Crippen LogP contribution in [0.4, 0.5) is 13.2 Å². The minimum Gasteiger partial charge on any atom is -0.375 e. The van der Waals surface area contributed by atoms with Crippen molar-refractivity contribution in [1.29, 1.82) is 0 Å². The van der Waals surface area contributed by atoms with Gasteiger partial charge in [0, 0.05) is 5.56 Å². The Hall–Kier alpha value is -2.42. The van der Waals surface area contributed by atoms with E-state index in [0.29, 0.717) is 0 Å². The Morgan fingerprint density at radius 1 is 0.958 bits per heavy atom. The van der Waals surface area contributed by atoms with Gasteiger partial charge in [0.05, 0.1) is 17.4 Å². The lowest BCUT2D eigenvalue weighted by Gasteiger charge is -2.29. The fourth-order valence-corrected chi connectivity index (χ4v) is 3.15. The van der Waals surface area contributed by atoms with Gasteiger partial charge in [0.2, 0.25) is 0 Å². The van der Waals surface area contributed by atoms with E-state index >= 15 is 0 Å². The fourth-order valence-electron chi connectivity index (χ4n) is 2.68. The van der Waals surface area contributed by atoms with E-state index in [2.05, 4.69) is 4.18 Å². The van der Waals surface area contributed by atoms with Gasteiger partial charge in [-0.05, 0) is 6.07 Å². The van der Waals surface area contributed by atoms with Gasteiger partial charge in [0.15, 0.2) is 17.3 Å². The van der Waals surface area contributed by atoms with E-state index in [4.69, 9.17) is 0 Å². The zero-order valence-corrected chi connectivity index (χ0v) is 12.6. The average Bonchev–Trinajstić information content (AvgIpc) is 2.51. The van der Waals surface area contributed by atoms with Crippen molar-refractivity contribution in [2.45, 2.75) is 5.51 Å². The fraction of sp³-hybridized carbons (Fsp3) is 0.200. The number of allylic oxidation sites excluding steroid dienone is 4. The van der Waals surface area contributed by atoms with Crippen LogP contribution in [0.1, 0.15) is 20.7 Å². The summed E-state index contributed by atoms with van der Waals surface area (Å²) in [5, 5.41) is 0. The third-order valence-electron chi connectivity index (χ3n) is 3.76. The van der Waals surface area contributed by atoms with Crippen molar-refractivity contribution < 1.29 is 35.4 Å². The highest BCUT2D eigenvalue weighted by Crippen LogP contribution is 2.39. The van der Waals surface area contributed by atoms with Crippen LogP contribution >= 0.6 is 0 Å². The average molecular weight is 358 g/mol. The van der Waals surface area contributed by atoms with E-state index in [1.54, 1.807) is 6.08 Å². The van der Waals surface area contributed by atoms with Crippen molar-refractivity contribution in [3.05, 3.63) is 53.6 Å². The van der Waals surface area contributed by atoms with Gasteiger partial charge in [-0.25, -0.2) is 0 Å². The molecule has 0 aromatic heterocycles. The summed E-state index contributed by atoms with van der Waals surface area (Å²) in [6, 6.07) is 3.33. The standard InChI is InChI=1S/C15H9F3O5S/c16-15(17,18)24(21,22)23-11-7-3-6-10-12(11)14(20)9-5-2-1-4-8(9)13(10)19/h1-9H. The molecule has 1 aromatic rings. The van der Waals surface area contributed by atoms with Crippen molar-refractivity contribution in [2.24, 2.45) is 11.8 Å². The van der Waals surface area contributed by atoms with Gasteiger partial charge in [0.1, 0.15) is 0 Å². The number of Topliss-reactive ketones (excluding diaryl/α,β-unsaturated/α-hetero) is 2. The van der Waals surface area contributed by atoms with Crippen LogP contribution in [-0.4, -0.2) is 25.5 Å². The maximum Gasteiger partial charge on any atom is 0.534 e. The number of hydrogen-bond acceptors (Lipinski definition) is 5. The van der Waals surface area contributed by atoms with Crippen molar-refractivity contribution in [3.63, 3.8) is 0 Å². The maximum atomic E-state index is 12.6. The zero-order valence-electron chi connectivity index (χ0n) is 11.8. The van der Waals surface area contributed by atoms with E-state index in [9.17, 15) is 31.2 Å². The van der Waals surface area contributed by atoms with Gasteiger partial charge in [-0.2, -0.15) is 21.6 Å². The molecule has 2 aliphatic carbocycles. The van der Waals surface area contributed by atoms with Crippen LogP contribution in [0.15, 0.2) is 42.5 Å². The lowest BCUT2D eigenvalue weighted by molar-refractivity contribution is -0.0500. The molecule has 0 amide bonds. The van der Waals surface area contributed by atoms with Crippen molar-refractivity contribution >= 4 is 21.7 Å². The molecular formula is C15H9F3O5S. The molecule has 0 saturated carbocycles. The Morgan fingerprint density at radius 3 is 2.12 bits per heavy atom. The molecule has 0 radical (unpaired) electrons. The molecule has 0 saturated heterocycles. The molecule has 0 bridgehead atoms. The lowest BCUT2D eigenvalue weighted by Crippen LogP contribution is -2.36. The predicted octanol–water partition coefficient (Wildman–Crippen LogP) is 2.65. The summed E-state index contributed by atoms with van der Waals surface area (Å²) in [6.45, 7) is 0. The van der Waals surface area contributed by atoms with Crippen LogP contribution in [-0.2, 0) is 10.1 Å². The summed E-state index contributed by atoms with van der Waals surface area (Å²) in [5.74, 6) is -3.60. The molecule has 0 aliphatic heterocycles. The Balaban J connectivity index is 2.13. The Bertz CT molecular complexity index is 896. The van der Waals surface area contributed by atoms with Crippen LogP contribution in [0.25, 0.3) is 0 Å². The van der Waals surface area contributed by atoms with Crippen LogP contribution in [0.5, 0.6) is 5.75 Å². The number of rotatable bonds is 2. The van der Waals surface area contributed by atoms with Crippen molar-refractivity contribution in [1.82, 2.24) is 0 Å². The first-order valence-corrected chi connectivity index (χ1v) is 8.11. The van der Waals surface area contributed by atoms with E-state index in [1.807, 2.05) is 0 Å². The van der Waals surface area contributed by atoms with Gasteiger partial charge in [-0.15, -0.1) is 0 Å². The highest BCUT2D eigenvalue weighted by atomic mass is 32.2. The first-order valence-electron chi connectivity index (χ1n) is 6.70. The summed E-state index contributed by atoms with van der Waals surface area (Å²) in [4.78, 5) is 25.0. The number of carbonyl (C=O) groups is 2. The molecule has 0 fully saturated rings. The Kier molecular flexibility index (Phi) is 3.63. The topological polar surface area (TPSA) is 77.5 Å². The monoisotopic (exact) mass is 358 g/mol. The molecule has 1 aromatic carbocycles. The van der Waals surface area contributed by atoms with Crippen LogP contribution < -0.4 is 4.18 Å². The second-order valence-corrected chi connectivity index (χ2v) is 6.75. The van der Waals surface area contributed by atoms with Gasteiger partial charge < -0.3 is 4.18 Å². The molecular weight excluding hydrogens is 349 g/mol. The highest BCUT2D eigenvalue weighted by molar-refractivity contribution is 7.88. The molecule has 3 rings (SSSR count). The Labute approximate surface area is 134 Å². The smallest absolute Gasteiger partial charge is 0.375 e. The molecule has 9 heteroatoms. The van der Waals surface area contributed by atoms with E-state index in [-0.39, 0.29) is 5.56 Å². The number of ketones is 2. The van der Waals surface area contributed by atoms with Crippen LogP contribution in [0, 0.1) is 11.8 Å². The summed E-state index contributed by atoms with van der Waals surface area (Å²) < 4.78 is 64.0. The quantitative estimate of drug-likeness (QED) is 0.600. The first-order chi connectivity index (χ1) is 11.1. The molecule has 0 N–H and O–H groups in total. The zero-order chi connectivity index (χ0) is 17.7. The number of alkyl halides is 3. The molecule has 2 unspecified atom stereocenters. The third-order valence-corrected chi connectivity index (χ3v) is 4.73. The molecule has 126 valence electrons. The van der Waals surface area contributed by atoms with Gasteiger partial charge in [-0.1, -0.05) is 36.4 Å². The molecule has 2 atom stereocenters. The van der Waals surface area contributed by atoms with Crippen LogP contribution in [0.3, 0.4) is 0 Å². The number of halogens is 3. The first kappa shape index (κ1) is 16.4. The van der Waals surface area contributed by atoms with E-state index < -0.39 is 50.3 Å². The molecule has 0 heterocycles. The Morgan fingerprint density at radius 2 is 1.54 bits per heavy atom. The third kappa shape index (κ3) is 2.44. The van der Waals surface area contributed by atoms with Gasteiger partial charge in [0.25, 0.3) is 0 Å². The van der Waals surface area contributed by atoms with Crippen molar-refractivity contribution in [3.8, 4) is 5.75 Å². The number of fused-ring (bicyclic) bond motifs is 2. The van der Waals surface area contributed by atoms with Crippen molar-refractivity contribution in [2.75, 3.05) is 0 Å². The van der Waals surface area contributed by atoms with Gasteiger partial charge >= 0.3 is 15.6 Å². The molecule has 24 heavy (non-hydrogen) atoms.